The van der Waals surface area contributed by atoms with Crippen molar-refractivity contribution >= 4 is 5.91 Å². The Hall–Kier alpha value is -1.42. The SMILES string of the molecule is CC[C@H](N)C(=O)N(Cc1cccnc1)C1CC1. The number of carbonyl (C=O) groups excluding carboxylic acids is 1. The van der Waals surface area contributed by atoms with E-state index in [2.05, 4.69) is 4.98 Å². The van der Waals surface area contributed by atoms with Gasteiger partial charge in [-0.15, -0.1) is 0 Å². The Bertz CT molecular complexity index is 376. The van der Waals surface area contributed by atoms with Crippen molar-refractivity contribution < 1.29 is 4.79 Å². The van der Waals surface area contributed by atoms with Gasteiger partial charge in [-0.2, -0.15) is 0 Å². The monoisotopic (exact) mass is 233 g/mol. The summed E-state index contributed by atoms with van der Waals surface area (Å²) in [6, 6.07) is 3.91. The highest BCUT2D eigenvalue weighted by atomic mass is 16.2. The molecule has 0 radical (unpaired) electrons. The van der Waals surface area contributed by atoms with E-state index in [0.717, 1.165) is 18.4 Å². The second kappa shape index (κ2) is 5.27. The maximum absolute atomic E-state index is 12.1. The number of nitrogens with zero attached hydrogens (tertiary/aromatic N) is 2. The lowest BCUT2D eigenvalue weighted by atomic mass is 10.2. The first-order chi connectivity index (χ1) is 8.22. The van der Waals surface area contributed by atoms with Gasteiger partial charge in [-0.1, -0.05) is 13.0 Å². The van der Waals surface area contributed by atoms with Crippen molar-refractivity contribution in [2.24, 2.45) is 5.73 Å². The van der Waals surface area contributed by atoms with Crippen LogP contribution in [0.4, 0.5) is 0 Å². The molecule has 2 N–H and O–H groups in total. The van der Waals surface area contributed by atoms with Crippen LogP contribution in [0.2, 0.25) is 0 Å². The summed E-state index contributed by atoms with van der Waals surface area (Å²) < 4.78 is 0. The van der Waals surface area contributed by atoms with E-state index >= 15 is 0 Å². The Labute approximate surface area is 102 Å². The van der Waals surface area contributed by atoms with Gasteiger partial charge >= 0.3 is 0 Å². The maximum atomic E-state index is 12.1. The highest BCUT2D eigenvalue weighted by Crippen LogP contribution is 2.28. The van der Waals surface area contributed by atoms with Gasteiger partial charge in [0, 0.05) is 25.0 Å². The number of nitrogens with two attached hydrogens (primary N) is 1. The number of hydrogen-bond acceptors (Lipinski definition) is 3. The first kappa shape index (κ1) is 12.0. The number of hydrogen-bond donors (Lipinski definition) is 1. The third-order valence-electron chi connectivity index (χ3n) is 3.10. The van der Waals surface area contributed by atoms with Crippen LogP contribution in [0.15, 0.2) is 24.5 Å². The lowest BCUT2D eigenvalue weighted by molar-refractivity contribution is -0.133. The molecule has 1 atom stereocenters. The Morgan fingerprint density at radius 2 is 2.41 bits per heavy atom. The predicted octanol–water partition coefficient (Wildman–Crippen LogP) is 1.31. The molecule has 0 saturated heterocycles. The Morgan fingerprint density at radius 1 is 1.65 bits per heavy atom. The summed E-state index contributed by atoms with van der Waals surface area (Å²) in [4.78, 5) is 18.1. The van der Waals surface area contributed by atoms with Crippen molar-refractivity contribution in [3.05, 3.63) is 30.1 Å². The number of rotatable bonds is 5. The lowest BCUT2D eigenvalue weighted by Gasteiger charge is -2.25. The topological polar surface area (TPSA) is 59.2 Å². The van der Waals surface area contributed by atoms with E-state index in [1.54, 1.807) is 12.4 Å². The molecule has 0 bridgehead atoms. The second-order valence-corrected chi connectivity index (χ2v) is 4.57. The minimum Gasteiger partial charge on any atom is -0.334 e. The van der Waals surface area contributed by atoms with Crippen molar-refractivity contribution in [3.8, 4) is 0 Å². The van der Waals surface area contributed by atoms with Crippen LogP contribution in [0.5, 0.6) is 0 Å². The largest absolute Gasteiger partial charge is 0.334 e. The van der Waals surface area contributed by atoms with Crippen LogP contribution >= 0.6 is 0 Å². The molecule has 1 amide bonds. The van der Waals surface area contributed by atoms with Gasteiger partial charge in [-0.3, -0.25) is 9.78 Å². The second-order valence-electron chi connectivity index (χ2n) is 4.57. The normalized spacial score (nSPS) is 16.6. The van der Waals surface area contributed by atoms with Crippen LogP contribution in [0.1, 0.15) is 31.7 Å². The number of amides is 1. The summed E-state index contributed by atoms with van der Waals surface area (Å²) in [5, 5.41) is 0. The quantitative estimate of drug-likeness (QED) is 0.834. The van der Waals surface area contributed by atoms with Gasteiger partial charge < -0.3 is 10.6 Å². The van der Waals surface area contributed by atoms with Gasteiger partial charge in [0.25, 0.3) is 0 Å². The van der Waals surface area contributed by atoms with E-state index in [1.807, 2.05) is 24.0 Å². The molecule has 4 nitrogen and oxygen atoms in total. The number of pyridine rings is 1. The minimum atomic E-state index is -0.368. The molecule has 17 heavy (non-hydrogen) atoms. The van der Waals surface area contributed by atoms with Crippen LogP contribution in [-0.4, -0.2) is 27.9 Å². The fourth-order valence-corrected chi connectivity index (χ4v) is 1.85. The third kappa shape index (κ3) is 3.03. The van der Waals surface area contributed by atoms with E-state index in [-0.39, 0.29) is 11.9 Å². The first-order valence-corrected chi connectivity index (χ1v) is 6.17. The van der Waals surface area contributed by atoms with Crippen molar-refractivity contribution in [2.45, 2.75) is 44.8 Å². The lowest BCUT2D eigenvalue weighted by Crippen LogP contribution is -2.44. The van der Waals surface area contributed by atoms with Gasteiger partial charge in [0.05, 0.1) is 6.04 Å². The standard InChI is InChI=1S/C13H19N3O/c1-2-12(14)13(17)16(11-5-6-11)9-10-4-3-7-15-8-10/h3-4,7-8,11-12H,2,5-6,9,14H2,1H3/t12-/m0/s1. The van der Waals surface area contributed by atoms with Crippen molar-refractivity contribution in [1.82, 2.24) is 9.88 Å². The zero-order valence-corrected chi connectivity index (χ0v) is 10.2. The van der Waals surface area contributed by atoms with E-state index in [0.29, 0.717) is 19.0 Å². The molecule has 1 aromatic heterocycles. The highest BCUT2D eigenvalue weighted by Gasteiger charge is 2.34. The molecule has 0 spiro atoms. The molecule has 0 unspecified atom stereocenters. The minimum absolute atomic E-state index is 0.0684. The van der Waals surface area contributed by atoms with Crippen LogP contribution in [0, 0.1) is 0 Å². The highest BCUT2D eigenvalue weighted by molar-refractivity contribution is 5.82. The fraction of sp³-hybridized carbons (Fsp3) is 0.538. The average Bonchev–Trinajstić information content (AvgIpc) is 3.19. The Morgan fingerprint density at radius 3 is 2.94 bits per heavy atom. The molecule has 1 saturated carbocycles. The molecule has 92 valence electrons. The molecule has 1 aliphatic rings. The molecule has 0 aliphatic heterocycles. The summed E-state index contributed by atoms with van der Waals surface area (Å²) >= 11 is 0. The molecular weight excluding hydrogens is 214 g/mol. The smallest absolute Gasteiger partial charge is 0.240 e. The zero-order chi connectivity index (χ0) is 12.3. The van der Waals surface area contributed by atoms with Crippen LogP contribution in [0.3, 0.4) is 0 Å². The molecule has 1 heterocycles. The molecule has 4 heteroatoms. The predicted molar refractivity (Wildman–Crippen MR) is 66.1 cm³/mol. The van der Waals surface area contributed by atoms with Gasteiger partial charge in [0.2, 0.25) is 5.91 Å². The van der Waals surface area contributed by atoms with Crippen molar-refractivity contribution in [3.63, 3.8) is 0 Å². The molecule has 0 aromatic carbocycles. The summed E-state index contributed by atoms with van der Waals surface area (Å²) in [6.07, 6.45) is 6.44. The molecule has 1 fully saturated rings. The van der Waals surface area contributed by atoms with Gasteiger partial charge in [-0.05, 0) is 30.9 Å². The van der Waals surface area contributed by atoms with Gasteiger partial charge in [-0.25, -0.2) is 0 Å². The van der Waals surface area contributed by atoms with E-state index in [4.69, 9.17) is 5.73 Å². The summed E-state index contributed by atoms with van der Waals surface area (Å²) in [6.45, 7) is 2.57. The van der Waals surface area contributed by atoms with Crippen LogP contribution in [0.25, 0.3) is 0 Å². The van der Waals surface area contributed by atoms with E-state index in [9.17, 15) is 4.79 Å². The Balaban J connectivity index is 2.05. The summed E-state index contributed by atoms with van der Waals surface area (Å²) in [7, 11) is 0. The van der Waals surface area contributed by atoms with Gasteiger partial charge in [0.15, 0.2) is 0 Å². The van der Waals surface area contributed by atoms with E-state index in [1.165, 1.54) is 0 Å². The van der Waals surface area contributed by atoms with Crippen molar-refractivity contribution in [2.75, 3.05) is 0 Å². The molecule has 2 rings (SSSR count). The number of aromatic nitrogens is 1. The average molecular weight is 233 g/mol. The molecule has 1 aliphatic carbocycles. The van der Waals surface area contributed by atoms with E-state index < -0.39 is 0 Å². The third-order valence-corrected chi connectivity index (χ3v) is 3.10. The fourth-order valence-electron chi connectivity index (χ4n) is 1.85. The Kier molecular flexibility index (Phi) is 3.74. The van der Waals surface area contributed by atoms with Crippen LogP contribution in [-0.2, 0) is 11.3 Å². The molecular formula is C13H19N3O. The van der Waals surface area contributed by atoms with Crippen LogP contribution < -0.4 is 5.73 Å². The first-order valence-electron chi connectivity index (χ1n) is 6.17. The maximum Gasteiger partial charge on any atom is 0.240 e. The number of carbonyl (C=O) groups is 1. The summed E-state index contributed by atoms with van der Waals surface area (Å²) in [5.74, 6) is 0.0684. The van der Waals surface area contributed by atoms with Gasteiger partial charge in [0.1, 0.15) is 0 Å². The zero-order valence-electron chi connectivity index (χ0n) is 10.2. The summed E-state index contributed by atoms with van der Waals surface area (Å²) in [5.41, 5.74) is 6.90. The van der Waals surface area contributed by atoms with Crippen molar-refractivity contribution in [1.29, 1.82) is 0 Å². The molecule has 1 aromatic rings.